The molecule has 1 atom stereocenters. The lowest BCUT2D eigenvalue weighted by molar-refractivity contribution is -0.134. The monoisotopic (exact) mass is 386 g/mol. The van der Waals surface area contributed by atoms with Gasteiger partial charge in [0.05, 0.1) is 17.7 Å². The predicted molar refractivity (Wildman–Crippen MR) is 106 cm³/mol. The van der Waals surface area contributed by atoms with Crippen LogP contribution in [0, 0.1) is 11.3 Å². The summed E-state index contributed by atoms with van der Waals surface area (Å²) in [6, 6.07) is 7.91. The molecule has 2 rings (SSSR count). The first kappa shape index (κ1) is 21.9. The van der Waals surface area contributed by atoms with E-state index < -0.39 is 23.6 Å². The van der Waals surface area contributed by atoms with Crippen molar-refractivity contribution < 1.29 is 14.3 Å². The van der Waals surface area contributed by atoms with Gasteiger partial charge in [-0.2, -0.15) is 5.26 Å². The van der Waals surface area contributed by atoms with Crippen molar-refractivity contribution >= 4 is 12.0 Å². The summed E-state index contributed by atoms with van der Waals surface area (Å²) in [6.07, 6.45) is 1.05. The third kappa shape index (κ3) is 6.04. The molecule has 0 aromatic heterocycles. The summed E-state index contributed by atoms with van der Waals surface area (Å²) in [5.41, 5.74) is 6.87. The molecule has 1 aromatic carbocycles. The molecule has 0 radical (unpaired) electrons. The molecule has 28 heavy (non-hydrogen) atoms. The fourth-order valence-corrected chi connectivity index (χ4v) is 3.22. The average molecular weight is 386 g/mol. The molecule has 1 aliphatic rings. The Bertz CT molecular complexity index is 726. The van der Waals surface area contributed by atoms with Gasteiger partial charge in [0.2, 0.25) is 5.91 Å². The summed E-state index contributed by atoms with van der Waals surface area (Å²) in [4.78, 5) is 29.3. The number of imide groups is 1. The van der Waals surface area contributed by atoms with Crippen molar-refractivity contribution in [1.82, 2.24) is 9.80 Å². The third-order valence-corrected chi connectivity index (χ3v) is 4.74. The second kappa shape index (κ2) is 9.18. The number of amides is 2. The number of benzene rings is 1. The number of hydrogen-bond donors (Lipinski definition) is 1. The molecule has 2 N–H and O–H groups in total. The Hall–Kier alpha value is -2.43. The Morgan fingerprint density at radius 2 is 1.86 bits per heavy atom. The van der Waals surface area contributed by atoms with Gasteiger partial charge in [0.25, 0.3) is 0 Å². The molecule has 1 fully saturated rings. The number of likely N-dealkylation sites (tertiary alicyclic amines) is 1. The molecule has 1 aliphatic heterocycles. The molecule has 0 bridgehead atoms. The highest BCUT2D eigenvalue weighted by Crippen LogP contribution is 2.21. The normalized spacial score (nSPS) is 16.9. The topological polar surface area (TPSA) is 99.7 Å². The first-order chi connectivity index (χ1) is 13.1. The van der Waals surface area contributed by atoms with Gasteiger partial charge in [-0.3, -0.25) is 4.79 Å². The van der Waals surface area contributed by atoms with Crippen LogP contribution >= 0.6 is 0 Å². The van der Waals surface area contributed by atoms with E-state index in [1.807, 2.05) is 7.05 Å². The molecule has 0 unspecified atom stereocenters. The second-order valence-corrected chi connectivity index (χ2v) is 8.34. The van der Waals surface area contributed by atoms with E-state index in [1.165, 1.54) is 4.90 Å². The lowest BCUT2D eigenvalue weighted by Gasteiger charge is -2.37. The molecular weight excluding hydrogens is 356 g/mol. The number of carbonyl (C=O) groups is 2. The first-order valence-electron chi connectivity index (χ1n) is 9.60. The number of hydrogen-bond acceptors (Lipinski definition) is 6. The van der Waals surface area contributed by atoms with Gasteiger partial charge >= 0.3 is 6.09 Å². The van der Waals surface area contributed by atoms with Crippen LogP contribution in [-0.2, 0) is 16.0 Å². The highest BCUT2D eigenvalue weighted by molar-refractivity contribution is 5.95. The van der Waals surface area contributed by atoms with Crippen LogP contribution in [0.3, 0.4) is 0 Å². The van der Waals surface area contributed by atoms with E-state index in [0.29, 0.717) is 18.4 Å². The molecule has 0 saturated carbocycles. The van der Waals surface area contributed by atoms with Crippen LogP contribution in [0.5, 0.6) is 0 Å². The summed E-state index contributed by atoms with van der Waals surface area (Å²) in [5, 5.41) is 8.90. The molecule has 1 saturated heterocycles. The summed E-state index contributed by atoms with van der Waals surface area (Å²) < 4.78 is 5.49. The van der Waals surface area contributed by atoms with Gasteiger partial charge in [-0.1, -0.05) is 12.1 Å². The SMILES string of the molecule is CN1CCC(N(C(=O)OC(C)(C)C)C(=O)[C@H](N)Cc2ccc(C#N)cc2)CC1. The van der Waals surface area contributed by atoms with E-state index in [1.54, 1.807) is 45.0 Å². The van der Waals surface area contributed by atoms with Crippen LogP contribution in [0.4, 0.5) is 4.79 Å². The minimum Gasteiger partial charge on any atom is -0.443 e. The maximum absolute atomic E-state index is 13.1. The van der Waals surface area contributed by atoms with Crippen molar-refractivity contribution in [2.75, 3.05) is 20.1 Å². The third-order valence-electron chi connectivity index (χ3n) is 4.74. The zero-order chi connectivity index (χ0) is 20.9. The number of carbonyl (C=O) groups excluding carboxylic acids is 2. The minimum atomic E-state index is -0.861. The fourth-order valence-electron chi connectivity index (χ4n) is 3.22. The van der Waals surface area contributed by atoms with E-state index in [9.17, 15) is 9.59 Å². The number of nitriles is 1. The highest BCUT2D eigenvalue weighted by atomic mass is 16.6. The predicted octanol–water partition coefficient (Wildman–Crippen LogP) is 2.29. The van der Waals surface area contributed by atoms with Crippen LogP contribution < -0.4 is 5.73 Å². The van der Waals surface area contributed by atoms with E-state index in [2.05, 4.69) is 11.0 Å². The van der Waals surface area contributed by atoms with Crippen LogP contribution in [0.2, 0.25) is 0 Å². The zero-order valence-corrected chi connectivity index (χ0v) is 17.1. The molecule has 0 spiro atoms. The molecular formula is C21H30N4O3. The molecule has 1 aromatic rings. The molecule has 0 aliphatic carbocycles. The molecule has 2 amide bonds. The summed E-state index contributed by atoms with van der Waals surface area (Å²) in [5.74, 6) is -0.423. The number of nitrogens with two attached hydrogens (primary N) is 1. The summed E-state index contributed by atoms with van der Waals surface area (Å²) in [6.45, 7) is 6.95. The fraction of sp³-hybridized carbons (Fsp3) is 0.571. The number of nitrogens with zero attached hydrogens (tertiary/aromatic N) is 3. The van der Waals surface area contributed by atoms with Gasteiger partial charge in [-0.25, -0.2) is 9.69 Å². The Morgan fingerprint density at radius 3 is 2.36 bits per heavy atom. The maximum atomic E-state index is 13.1. The van der Waals surface area contributed by atoms with Crippen molar-refractivity contribution in [3.8, 4) is 6.07 Å². The van der Waals surface area contributed by atoms with Crippen LogP contribution in [0.15, 0.2) is 24.3 Å². The van der Waals surface area contributed by atoms with Crippen LogP contribution in [-0.4, -0.2) is 59.6 Å². The Morgan fingerprint density at radius 1 is 1.29 bits per heavy atom. The number of piperidine rings is 1. The quantitative estimate of drug-likeness (QED) is 0.852. The average Bonchev–Trinajstić information content (AvgIpc) is 2.62. The van der Waals surface area contributed by atoms with Gasteiger partial charge in [-0.15, -0.1) is 0 Å². The zero-order valence-electron chi connectivity index (χ0n) is 17.1. The van der Waals surface area contributed by atoms with Gasteiger partial charge in [0, 0.05) is 6.04 Å². The van der Waals surface area contributed by atoms with Crippen LogP contribution in [0.25, 0.3) is 0 Å². The van der Waals surface area contributed by atoms with E-state index in [0.717, 1.165) is 18.7 Å². The highest BCUT2D eigenvalue weighted by Gasteiger charge is 2.37. The van der Waals surface area contributed by atoms with Gasteiger partial charge in [0.1, 0.15) is 5.60 Å². The Kier molecular flexibility index (Phi) is 7.17. The summed E-state index contributed by atoms with van der Waals surface area (Å²) in [7, 11) is 2.02. The smallest absolute Gasteiger partial charge is 0.417 e. The lowest BCUT2D eigenvalue weighted by atomic mass is 10.0. The van der Waals surface area contributed by atoms with Crippen molar-refractivity contribution in [3.05, 3.63) is 35.4 Å². The van der Waals surface area contributed by atoms with Crippen molar-refractivity contribution in [3.63, 3.8) is 0 Å². The van der Waals surface area contributed by atoms with Crippen molar-refractivity contribution in [2.24, 2.45) is 5.73 Å². The van der Waals surface area contributed by atoms with Crippen molar-refractivity contribution in [2.45, 2.75) is 57.7 Å². The van der Waals surface area contributed by atoms with Gasteiger partial charge < -0.3 is 15.4 Å². The van der Waals surface area contributed by atoms with Gasteiger partial charge in [-0.05, 0) is 77.9 Å². The van der Waals surface area contributed by atoms with Gasteiger partial charge in [0.15, 0.2) is 0 Å². The Balaban J connectivity index is 2.16. The van der Waals surface area contributed by atoms with Crippen molar-refractivity contribution in [1.29, 1.82) is 5.26 Å². The maximum Gasteiger partial charge on any atom is 0.417 e. The lowest BCUT2D eigenvalue weighted by Crippen LogP contribution is -2.55. The number of ether oxygens (including phenoxy) is 1. The van der Waals surface area contributed by atoms with Crippen LogP contribution in [0.1, 0.15) is 44.7 Å². The van der Waals surface area contributed by atoms with E-state index in [4.69, 9.17) is 15.7 Å². The van der Waals surface area contributed by atoms with E-state index >= 15 is 0 Å². The summed E-state index contributed by atoms with van der Waals surface area (Å²) >= 11 is 0. The molecule has 152 valence electrons. The molecule has 1 heterocycles. The molecule has 7 nitrogen and oxygen atoms in total. The standard InChI is InChI=1S/C21H30N4O3/c1-21(2,3)28-20(27)25(17-9-11-24(4)12-10-17)19(26)18(23)13-15-5-7-16(14-22)8-6-15/h5-8,17-18H,9-13,23H2,1-4H3/t18-/m1/s1. The molecule has 7 heteroatoms. The van der Waals surface area contributed by atoms with E-state index in [-0.39, 0.29) is 12.5 Å². The Labute approximate surface area is 167 Å². The minimum absolute atomic E-state index is 0.217. The largest absolute Gasteiger partial charge is 0.443 e. The first-order valence-corrected chi connectivity index (χ1v) is 9.60. The second-order valence-electron chi connectivity index (χ2n) is 8.34. The number of rotatable bonds is 4.